The monoisotopic (exact) mass is 574 g/mol. The fraction of sp³-hybridized carbons (Fsp3) is 0.393. The van der Waals surface area contributed by atoms with Gasteiger partial charge < -0.3 is 14.5 Å². The number of ether oxygens (including phenoxy) is 1. The lowest BCUT2D eigenvalue weighted by atomic mass is 9.96. The number of aryl methyl sites for hydroxylation is 1. The molecule has 2 aliphatic heterocycles. The van der Waals surface area contributed by atoms with Crippen LogP contribution >= 0.6 is 23.4 Å². The third kappa shape index (κ3) is 4.62. The molecule has 0 radical (unpaired) electrons. The van der Waals surface area contributed by atoms with Crippen LogP contribution in [0, 0.1) is 18.6 Å². The third-order valence-corrected chi connectivity index (χ3v) is 8.94. The molecule has 1 saturated heterocycles. The molecule has 7 nitrogen and oxygen atoms in total. The first-order valence-corrected chi connectivity index (χ1v) is 14.0. The molecule has 3 heterocycles. The van der Waals surface area contributed by atoms with Crippen LogP contribution in [0.25, 0.3) is 22.0 Å². The van der Waals surface area contributed by atoms with Crippen molar-refractivity contribution in [1.29, 1.82) is 0 Å². The smallest absolute Gasteiger partial charge is 0.350 e. The maximum atomic E-state index is 15.1. The van der Waals surface area contributed by atoms with Crippen LogP contribution in [0.4, 0.5) is 14.6 Å². The van der Waals surface area contributed by atoms with E-state index in [9.17, 15) is 14.0 Å². The van der Waals surface area contributed by atoms with E-state index in [1.54, 1.807) is 16.6 Å². The number of methoxy groups -OCH3 is 1. The van der Waals surface area contributed by atoms with Gasteiger partial charge in [0, 0.05) is 65.5 Å². The Hall–Kier alpha value is -2.95. The zero-order valence-corrected chi connectivity index (χ0v) is 23.7. The molecule has 1 fully saturated rings. The number of rotatable bonds is 5. The third-order valence-electron chi connectivity index (χ3n) is 7.41. The number of amides is 1. The average molecular weight is 575 g/mol. The van der Waals surface area contributed by atoms with Crippen LogP contribution in [0.15, 0.2) is 40.5 Å². The van der Waals surface area contributed by atoms with Gasteiger partial charge in [-0.25, -0.2) is 13.6 Å². The second-order valence-corrected chi connectivity index (χ2v) is 11.5. The van der Waals surface area contributed by atoms with Crippen molar-refractivity contribution < 1.29 is 18.3 Å². The summed E-state index contributed by atoms with van der Waals surface area (Å²) >= 11 is 7.57. The Morgan fingerprint density at radius 2 is 1.92 bits per heavy atom. The van der Waals surface area contributed by atoms with Crippen LogP contribution in [0.1, 0.15) is 25.5 Å². The topological polar surface area (TPSA) is 67.7 Å². The fourth-order valence-electron chi connectivity index (χ4n) is 5.86. The van der Waals surface area contributed by atoms with Gasteiger partial charge in [0.15, 0.2) is 0 Å². The summed E-state index contributed by atoms with van der Waals surface area (Å²) in [4.78, 5) is 35.2. The molecule has 0 unspecified atom stereocenters. The van der Waals surface area contributed by atoms with Gasteiger partial charge in [-0.1, -0.05) is 18.2 Å². The Morgan fingerprint density at radius 1 is 1.23 bits per heavy atom. The Balaban J connectivity index is 1.76. The molecule has 5 rings (SSSR count). The molecule has 11 heteroatoms. The minimum atomic E-state index is -0.835. The highest BCUT2D eigenvalue weighted by Gasteiger charge is 2.35. The van der Waals surface area contributed by atoms with E-state index >= 15 is 4.39 Å². The van der Waals surface area contributed by atoms with Crippen molar-refractivity contribution >= 4 is 46.0 Å². The maximum Gasteiger partial charge on any atom is 0.350 e. The molecule has 2 aromatic carbocycles. The van der Waals surface area contributed by atoms with E-state index in [-0.39, 0.29) is 34.6 Å². The van der Waals surface area contributed by atoms with E-state index < -0.39 is 17.3 Å². The number of hydrogen-bond acceptors (Lipinski definition) is 6. The first kappa shape index (κ1) is 27.6. The maximum absolute atomic E-state index is 15.1. The standard InChI is InChI=1S/C28H29ClF2N4O3S/c1-6-23(36)34-15(3)10-33(11-16(34)4)27-19-7-14(2)24(18-8-20(29)22(31)9-21(18)30)26-25(19)35(28(37)32-27)17(12-38-5)13-39-26/h6-9,15-17H,1,10-13H2,2-5H3/t15-,16+,17-/m0/s1. The van der Waals surface area contributed by atoms with Gasteiger partial charge in [-0.2, -0.15) is 4.98 Å². The highest BCUT2D eigenvalue weighted by Crippen LogP contribution is 2.47. The van der Waals surface area contributed by atoms with Crippen molar-refractivity contribution in [3.8, 4) is 11.1 Å². The average Bonchev–Trinajstić information content (AvgIpc) is 2.88. The fourth-order valence-corrected chi connectivity index (χ4v) is 7.39. The summed E-state index contributed by atoms with van der Waals surface area (Å²) in [5.74, 6) is -0.676. The number of thioether (sulfide) groups is 1. The summed E-state index contributed by atoms with van der Waals surface area (Å²) in [5, 5.41) is 0.564. The first-order valence-electron chi connectivity index (χ1n) is 12.6. The number of nitrogens with zero attached hydrogens (tertiary/aromatic N) is 4. The minimum absolute atomic E-state index is 0.140. The van der Waals surface area contributed by atoms with E-state index in [1.165, 1.54) is 23.9 Å². The molecule has 0 spiro atoms. The number of aromatic nitrogens is 2. The molecule has 0 saturated carbocycles. The number of halogens is 3. The Kier molecular flexibility index (Phi) is 7.47. The van der Waals surface area contributed by atoms with Gasteiger partial charge in [-0.3, -0.25) is 9.36 Å². The van der Waals surface area contributed by atoms with Crippen LogP contribution in [-0.4, -0.2) is 65.0 Å². The van der Waals surface area contributed by atoms with Crippen LogP contribution in [0.3, 0.4) is 0 Å². The summed E-state index contributed by atoms with van der Waals surface area (Å²) in [6, 6.07) is 3.42. The summed E-state index contributed by atoms with van der Waals surface area (Å²) in [7, 11) is 1.58. The summed E-state index contributed by atoms with van der Waals surface area (Å²) in [6.45, 7) is 10.6. The first-order chi connectivity index (χ1) is 18.6. The molecule has 2 aliphatic rings. The normalized spacial score (nSPS) is 20.9. The van der Waals surface area contributed by atoms with E-state index in [1.807, 2.05) is 31.7 Å². The number of piperazine rings is 1. The van der Waals surface area contributed by atoms with Gasteiger partial charge in [0.05, 0.1) is 23.2 Å². The van der Waals surface area contributed by atoms with E-state index in [4.69, 9.17) is 16.3 Å². The zero-order valence-electron chi connectivity index (χ0n) is 22.1. The molecule has 1 amide bonds. The molecule has 0 aliphatic carbocycles. The predicted octanol–water partition coefficient (Wildman–Crippen LogP) is 5.21. The number of hydrogen-bond donors (Lipinski definition) is 0. The zero-order chi connectivity index (χ0) is 28.2. The lowest BCUT2D eigenvalue weighted by molar-refractivity contribution is -0.130. The lowest BCUT2D eigenvalue weighted by Crippen LogP contribution is -2.58. The molecule has 0 N–H and O–H groups in total. The summed E-state index contributed by atoms with van der Waals surface area (Å²) in [6.07, 6.45) is 1.31. The predicted molar refractivity (Wildman–Crippen MR) is 151 cm³/mol. The highest BCUT2D eigenvalue weighted by molar-refractivity contribution is 7.99. The number of benzene rings is 2. The SMILES string of the molecule is C=CC(=O)N1[C@H](C)CN(c2nc(=O)n3c4c(c(-c5cc(Cl)c(F)cc5F)c(C)cc24)SC[C@@H]3COC)C[C@@H]1C. The Labute approximate surface area is 234 Å². The van der Waals surface area contributed by atoms with Crippen molar-refractivity contribution in [1.82, 2.24) is 14.5 Å². The van der Waals surface area contributed by atoms with E-state index in [2.05, 4.69) is 11.6 Å². The van der Waals surface area contributed by atoms with E-state index in [0.29, 0.717) is 47.2 Å². The van der Waals surface area contributed by atoms with Gasteiger partial charge in [0.2, 0.25) is 5.91 Å². The molecule has 206 valence electrons. The van der Waals surface area contributed by atoms with Crippen LogP contribution in [-0.2, 0) is 9.53 Å². The molecule has 39 heavy (non-hydrogen) atoms. The molecule has 3 aromatic rings. The molecule has 3 atom stereocenters. The van der Waals surface area contributed by atoms with Crippen molar-refractivity contribution in [2.75, 3.05) is 37.5 Å². The van der Waals surface area contributed by atoms with Gasteiger partial charge in [-0.05, 0) is 44.5 Å². The number of carbonyl (C=O) groups is 1. The van der Waals surface area contributed by atoms with Gasteiger partial charge in [-0.15, -0.1) is 11.8 Å². The Morgan fingerprint density at radius 3 is 2.56 bits per heavy atom. The molecule has 1 aromatic heterocycles. The van der Waals surface area contributed by atoms with Crippen LogP contribution in [0.2, 0.25) is 5.02 Å². The summed E-state index contributed by atoms with van der Waals surface area (Å²) in [5.41, 5.74) is 1.68. The highest BCUT2D eigenvalue weighted by atomic mass is 35.5. The van der Waals surface area contributed by atoms with Gasteiger partial charge in [0.1, 0.15) is 17.5 Å². The van der Waals surface area contributed by atoms with Crippen LogP contribution < -0.4 is 10.6 Å². The van der Waals surface area contributed by atoms with E-state index in [0.717, 1.165) is 17.0 Å². The van der Waals surface area contributed by atoms with Crippen molar-refractivity contribution in [3.63, 3.8) is 0 Å². The minimum Gasteiger partial charge on any atom is -0.383 e. The van der Waals surface area contributed by atoms with Crippen molar-refractivity contribution in [3.05, 3.63) is 63.6 Å². The summed E-state index contributed by atoms with van der Waals surface area (Å²) < 4.78 is 36.2. The molecular weight excluding hydrogens is 546 g/mol. The van der Waals surface area contributed by atoms with Gasteiger partial charge in [0.25, 0.3) is 0 Å². The van der Waals surface area contributed by atoms with Crippen molar-refractivity contribution in [2.24, 2.45) is 0 Å². The van der Waals surface area contributed by atoms with Gasteiger partial charge >= 0.3 is 5.69 Å². The molecule has 0 bridgehead atoms. The lowest BCUT2D eigenvalue weighted by Gasteiger charge is -2.45. The number of carbonyl (C=O) groups excluding carboxylic acids is 1. The second kappa shape index (κ2) is 10.6. The largest absolute Gasteiger partial charge is 0.383 e. The second-order valence-electron chi connectivity index (χ2n) is 10.1. The van der Waals surface area contributed by atoms with Crippen molar-refractivity contribution in [2.45, 2.75) is 43.8 Å². The molecular formula is C28H29ClF2N4O3S. The quantitative estimate of drug-likeness (QED) is 0.308. The number of anilines is 1. The van der Waals surface area contributed by atoms with Crippen LogP contribution in [0.5, 0.6) is 0 Å². The Bertz CT molecular complexity index is 1550.